The van der Waals surface area contributed by atoms with Crippen LogP contribution in [0.15, 0.2) is 102 Å². The summed E-state index contributed by atoms with van der Waals surface area (Å²) in [5.41, 5.74) is 4.52. The molecule has 5 aromatic rings. The molecule has 1 N–H and O–H groups in total. The summed E-state index contributed by atoms with van der Waals surface area (Å²) in [5.74, 6) is 0.321. The summed E-state index contributed by atoms with van der Waals surface area (Å²) in [6.45, 7) is -0.191. The molecule has 0 saturated carbocycles. The fraction of sp³-hybridized carbons (Fsp3) is 0.138. The molecule has 35 heavy (non-hydrogen) atoms. The largest absolute Gasteiger partial charge is 0.388 e. The molecular weight excluding hydrogens is 436 g/mol. The third-order valence-electron chi connectivity index (χ3n) is 6.60. The molecule has 0 fully saturated rings. The quantitative estimate of drug-likeness (QED) is 0.399. The number of carbonyl (C=O) groups is 1. The van der Waals surface area contributed by atoms with E-state index < -0.39 is 0 Å². The lowest BCUT2D eigenvalue weighted by Crippen LogP contribution is -2.30. The van der Waals surface area contributed by atoms with Gasteiger partial charge < -0.3 is 9.67 Å². The second kappa shape index (κ2) is 8.81. The van der Waals surface area contributed by atoms with E-state index in [2.05, 4.69) is 35.3 Å². The molecule has 1 unspecified atom stereocenters. The predicted octanol–water partition coefficient (Wildman–Crippen LogP) is 5.06. The molecule has 1 aliphatic rings. The number of rotatable bonds is 5. The van der Waals surface area contributed by atoms with Crippen molar-refractivity contribution in [3.8, 4) is 0 Å². The molecule has 6 nitrogen and oxygen atoms in total. The van der Waals surface area contributed by atoms with Gasteiger partial charge in [0.1, 0.15) is 19.0 Å². The molecule has 0 saturated heterocycles. The number of benzene rings is 4. The highest BCUT2D eigenvalue weighted by molar-refractivity contribution is 6.05. The normalized spacial score (nSPS) is 15.6. The molecule has 0 bridgehead atoms. The van der Waals surface area contributed by atoms with Crippen LogP contribution in [0.3, 0.4) is 0 Å². The predicted molar refractivity (Wildman–Crippen MR) is 137 cm³/mol. The van der Waals surface area contributed by atoms with Crippen LogP contribution in [0.2, 0.25) is 0 Å². The van der Waals surface area contributed by atoms with Gasteiger partial charge in [0.25, 0.3) is 5.91 Å². The molecule has 172 valence electrons. The zero-order valence-corrected chi connectivity index (χ0v) is 19.1. The van der Waals surface area contributed by atoms with Gasteiger partial charge >= 0.3 is 0 Å². The van der Waals surface area contributed by atoms with E-state index in [0.717, 1.165) is 33.3 Å². The minimum atomic E-state index is -0.240. The maximum atomic E-state index is 13.7. The monoisotopic (exact) mass is 460 g/mol. The van der Waals surface area contributed by atoms with Crippen molar-refractivity contribution < 1.29 is 9.90 Å². The van der Waals surface area contributed by atoms with Crippen LogP contribution >= 0.6 is 0 Å². The minimum Gasteiger partial charge on any atom is -0.388 e. The maximum Gasteiger partial charge on any atom is 0.263 e. The summed E-state index contributed by atoms with van der Waals surface area (Å²) in [6.07, 6.45) is 0.631. The number of para-hydroxylation sites is 2. The van der Waals surface area contributed by atoms with Gasteiger partial charge in [0.05, 0.1) is 22.8 Å². The van der Waals surface area contributed by atoms with Crippen LogP contribution in [0, 0.1) is 0 Å². The van der Waals surface area contributed by atoms with Crippen molar-refractivity contribution in [1.29, 1.82) is 0 Å². The first-order valence-corrected chi connectivity index (χ1v) is 11.7. The van der Waals surface area contributed by atoms with Crippen molar-refractivity contribution in [3.05, 3.63) is 114 Å². The van der Waals surface area contributed by atoms with Gasteiger partial charge in [0, 0.05) is 6.42 Å². The van der Waals surface area contributed by atoms with Crippen LogP contribution in [-0.4, -0.2) is 31.3 Å². The first kappa shape index (κ1) is 21.3. The van der Waals surface area contributed by atoms with E-state index in [0.29, 0.717) is 12.2 Å². The Balaban J connectivity index is 1.38. The summed E-state index contributed by atoms with van der Waals surface area (Å²) >= 11 is 0. The van der Waals surface area contributed by atoms with Gasteiger partial charge in [0.2, 0.25) is 0 Å². The summed E-state index contributed by atoms with van der Waals surface area (Å²) < 4.78 is 1.78. The Morgan fingerprint density at radius 1 is 0.886 bits per heavy atom. The third-order valence-corrected chi connectivity index (χ3v) is 6.60. The lowest BCUT2D eigenvalue weighted by atomic mass is 9.97. The molecule has 6 rings (SSSR count). The Bertz CT molecular complexity index is 1570. The number of nitrogens with zero attached hydrogens (tertiary/aromatic N) is 4. The number of aliphatic hydroxyl groups is 1. The average molecular weight is 461 g/mol. The minimum absolute atomic E-state index is 0.0498. The van der Waals surface area contributed by atoms with Crippen LogP contribution in [-0.2, 0) is 17.9 Å². The Kier molecular flexibility index (Phi) is 5.35. The van der Waals surface area contributed by atoms with Gasteiger partial charge in [-0.3, -0.25) is 4.79 Å². The Morgan fingerprint density at radius 3 is 2.46 bits per heavy atom. The molecule has 1 aromatic heterocycles. The van der Waals surface area contributed by atoms with E-state index >= 15 is 0 Å². The fourth-order valence-corrected chi connectivity index (χ4v) is 4.85. The summed E-state index contributed by atoms with van der Waals surface area (Å²) in [4.78, 5) is 18.2. The van der Waals surface area contributed by atoms with Gasteiger partial charge in [-0.1, -0.05) is 78.9 Å². The van der Waals surface area contributed by atoms with Gasteiger partial charge in [0.15, 0.2) is 0 Å². The molecule has 0 spiro atoms. The average Bonchev–Trinajstić information content (AvgIpc) is 3.51. The summed E-state index contributed by atoms with van der Waals surface area (Å²) in [5, 5.41) is 18.6. The number of aliphatic hydroxyl groups excluding tert-OH is 1. The van der Waals surface area contributed by atoms with Crippen LogP contribution in [0.1, 0.15) is 29.4 Å². The molecule has 6 heteroatoms. The maximum absolute atomic E-state index is 13.7. The number of imidazole rings is 1. The second-order valence-corrected chi connectivity index (χ2v) is 8.74. The number of aromatic nitrogens is 2. The fourth-order valence-electron chi connectivity index (χ4n) is 4.85. The molecule has 1 aliphatic heterocycles. The lowest BCUT2D eigenvalue weighted by Gasteiger charge is -2.22. The highest BCUT2D eigenvalue weighted by atomic mass is 16.3. The van der Waals surface area contributed by atoms with Crippen LogP contribution in [0.4, 0.5) is 0 Å². The number of amides is 1. The smallest absolute Gasteiger partial charge is 0.263 e. The van der Waals surface area contributed by atoms with E-state index in [1.54, 1.807) is 9.58 Å². The number of hydrogen-bond acceptors (Lipinski definition) is 4. The molecule has 0 radical (unpaired) electrons. The number of carbonyl (C=O) groups excluding carboxylic acids is 1. The van der Waals surface area contributed by atoms with Crippen LogP contribution < -0.4 is 0 Å². The number of fused-ring (bicyclic) bond motifs is 2. The lowest BCUT2D eigenvalue weighted by molar-refractivity contribution is -0.133. The Labute approximate surface area is 202 Å². The second-order valence-electron chi connectivity index (χ2n) is 8.74. The topological polar surface area (TPSA) is 70.7 Å². The molecule has 0 aliphatic carbocycles. The summed E-state index contributed by atoms with van der Waals surface area (Å²) in [7, 11) is 0. The molecule has 1 atom stereocenters. The van der Waals surface area contributed by atoms with E-state index in [1.807, 2.05) is 66.7 Å². The van der Waals surface area contributed by atoms with Crippen molar-refractivity contribution in [1.82, 2.24) is 14.6 Å². The zero-order chi connectivity index (χ0) is 23.8. The number of hydrogen-bond donors (Lipinski definition) is 1. The highest BCUT2D eigenvalue weighted by Gasteiger charge is 2.33. The standard InChI is InChI=1S/C29H24N4O2/c34-19-28-30-24-12-6-7-13-26(24)32(28)18-29(35)33-27(21-9-2-1-3-10-21)17-25(31-33)23-15-14-20-8-4-5-11-22(20)16-23/h1-16,27,34H,17-19H2. The molecular formula is C29H24N4O2. The first-order chi connectivity index (χ1) is 17.2. The number of hydrazone groups is 1. The van der Waals surface area contributed by atoms with Crippen LogP contribution in [0.5, 0.6) is 0 Å². The van der Waals surface area contributed by atoms with E-state index in [1.165, 1.54) is 5.39 Å². The van der Waals surface area contributed by atoms with Crippen molar-refractivity contribution in [2.24, 2.45) is 5.10 Å². The van der Waals surface area contributed by atoms with E-state index in [9.17, 15) is 9.90 Å². The van der Waals surface area contributed by atoms with E-state index in [-0.39, 0.29) is 25.1 Å². The Hall–Kier alpha value is -4.29. The van der Waals surface area contributed by atoms with Gasteiger partial charge in [-0.25, -0.2) is 9.99 Å². The molecule has 1 amide bonds. The first-order valence-electron chi connectivity index (χ1n) is 11.7. The van der Waals surface area contributed by atoms with Crippen LogP contribution in [0.25, 0.3) is 21.8 Å². The van der Waals surface area contributed by atoms with Crippen molar-refractivity contribution >= 4 is 33.4 Å². The van der Waals surface area contributed by atoms with Gasteiger partial charge in [-0.05, 0) is 40.1 Å². The third kappa shape index (κ3) is 3.88. The summed E-state index contributed by atoms with van der Waals surface area (Å²) in [6, 6.07) is 32.0. The van der Waals surface area contributed by atoms with Crippen molar-refractivity contribution in [2.45, 2.75) is 25.6 Å². The van der Waals surface area contributed by atoms with Crippen molar-refractivity contribution in [2.75, 3.05) is 0 Å². The zero-order valence-electron chi connectivity index (χ0n) is 19.1. The van der Waals surface area contributed by atoms with Gasteiger partial charge in [-0.2, -0.15) is 5.10 Å². The highest BCUT2D eigenvalue weighted by Crippen LogP contribution is 2.34. The SMILES string of the molecule is O=C(Cn1c(CO)nc2ccccc21)N1N=C(c2ccc3ccccc3c2)CC1c1ccccc1. The van der Waals surface area contributed by atoms with Crippen molar-refractivity contribution in [3.63, 3.8) is 0 Å². The molecule has 2 heterocycles. The molecule has 4 aromatic carbocycles. The van der Waals surface area contributed by atoms with E-state index in [4.69, 9.17) is 5.10 Å². The van der Waals surface area contributed by atoms with Gasteiger partial charge in [-0.15, -0.1) is 0 Å². The Morgan fingerprint density at radius 2 is 1.63 bits per heavy atom.